The van der Waals surface area contributed by atoms with E-state index in [1.807, 2.05) is 13.0 Å². The van der Waals surface area contributed by atoms with E-state index in [0.717, 1.165) is 5.52 Å². The van der Waals surface area contributed by atoms with Gasteiger partial charge in [0.2, 0.25) is 11.5 Å². The van der Waals surface area contributed by atoms with Gasteiger partial charge in [-0.25, -0.2) is 0 Å². The first-order valence-electron chi connectivity index (χ1n) is 8.84. The van der Waals surface area contributed by atoms with Crippen molar-refractivity contribution in [2.75, 3.05) is 20.8 Å². The molecule has 0 atom stereocenters. The third-order valence-electron chi connectivity index (χ3n) is 4.34. The van der Waals surface area contributed by atoms with E-state index in [0.29, 0.717) is 45.4 Å². The molecule has 0 unspecified atom stereocenters. The Hall–Kier alpha value is -3.43. The Labute approximate surface area is 173 Å². The molecule has 0 saturated carbocycles. The Bertz CT molecular complexity index is 1120. The van der Waals surface area contributed by atoms with Gasteiger partial charge in [-0.15, -0.1) is 0 Å². The molecule has 7 heteroatoms. The highest BCUT2D eigenvalue weighted by atomic mass is 35.5. The van der Waals surface area contributed by atoms with Crippen LogP contribution in [-0.4, -0.2) is 31.6 Å². The maximum Gasteiger partial charge on any atom is 0.205 e. The Morgan fingerprint density at radius 3 is 2.48 bits per heavy atom. The topological polar surface area (TPSA) is 84.3 Å². The average molecular weight is 411 g/mol. The first-order chi connectivity index (χ1) is 14.0. The number of rotatable bonds is 7. The lowest BCUT2D eigenvalue weighted by Gasteiger charge is -2.14. The zero-order chi connectivity index (χ0) is 21.0. The molecule has 148 valence electrons. The number of carbonyl (C=O) groups is 1. The van der Waals surface area contributed by atoms with Crippen molar-refractivity contribution in [2.45, 2.75) is 6.92 Å². The number of aromatic amines is 1. The highest BCUT2D eigenvalue weighted by Crippen LogP contribution is 2.39. The number of fused-ring (bicyclic) bond motifs is 1. The summed E-state index contributed by atoms with van der Waals surface area (Å²) in [4.78, 5) is 16.0. The molecule has 0 saturated heterocycles. The molecule has 3 aromatic rings. The number of Topliss-reactive ketones (excluding diaryl/α,β-unsaturated/α-hetero) is 1. The molecule has 29 heavy (non-hydrogen) atoms. The third kappa shape index (κ3) is 4.05. The fraction of sp³-hybridized carbons (Fsp3) is 0.182. The van der Waals surface area contributed by atoms with Crippen LogP contribution in [0.25, 0.3) is 17.0 Å². The number of hydrogen-bond donors (Lipinski definition) is 1. The summed E-state index contributed by atoms with van der Waals surface area (Å²) in [5.74, 6) is 0.966. The number of nitrogens with zero attached hydrogens (tertiary/aromatic N) is 1. The van der Waals surface area contributed by atoms with Crippen molar-refractivity contribution in [2.24, 2.45) is 0 Å². The van der Waals surface area contributed by atoms with Gasteiger partial charge in [-0.2, -0.15) is 5.26 Å². The predicted octanol–water partition coefficient (Wildman–Crippen LogP) is 5.03. The van der Waals surface area contributed by atoms with Crippen LogP contribution in [0.15, 0.2) is 42.1 Å². The number of hydrogen-bond acceptors (Lipinski definition) is 5. The Kier molecular flexibility index (Phi) is 6.10. The lowest BCUT2D eigenvalue weighted by Crippen LogP contribution is -2.02. The Morgan fingerprint density at radius 1 is 1.21 bits per heavy atom. The summed E-state index contributed by atoms with van der Waals surface area (Å²) in [6.07, 6.45) is 3.08. The summed E-state index contributed by atoms with van der Waals surface area (Å²) in [5, 5.41) is 10.9. The van der Waals surface area contributed by atoms with Gasteiger partial charge in [0.25, 0.3) is 0 Å². The lowest BCUT2D eigenvalue weighted by atomic mass is 10.0. The van der Waals surface area contributed by atoms with Crippen LogP contribution in [-0.2, 0) is 0 Å². The van der Waals surface area contributed by atoms with Gasteiger partial charge < -0.3 is 19.2 Å². The number of methoxy groups -OCH3 is 2. The van der Waals surface area contributed by atoms with E-state index in [1.54, 1.807) is 36.5 Å². The van der Waals surface area contributed by atoms with Gasteiger partial charge >= 0.3 is 0 Å². The molecular weight excluding hydrogens is 392 g/mol. The molecule has 1 N–H and O–H groups in total. The highest BCUT2D eigenvalue weighted by Gasteiger charge is 2.18. The largest absolute Gasteiger partial charge is 0.493 e. The van der Waals surface area contributed by atoms with Gasteiger partial charge in [0.05, 0.1) is 20.8 Å². The maximum atomic E-state index is 13.0. The predicted molar refractivity (Wildman–Crippen MR) is 112 cm³/mol. The minimum Gasteiger partial charge on any atom is -0.493 e. The first kappa shape index (κ1) is 20.3. The van der Waals surface area contributed by atoms with Crippen LogP contribution >= 0.6 is 11.6 Å². The second-order valence-corrected chi connectivity index (χ2v) is 6.52. The normalized spacial score (nSPS) is 11.2. The number of aromatic nitrogens is 1. The highest BCUT2D eigenvalue weighted by molar-refractivity contribution is 6.31. The number of nitriles is 1. The molecule has 6 nitrogen and oxygen atoms in total. The van der Waals surface area contributed by atoms with Crippen LogP contribution < -0.4 is 14.2 Å². The number of nitrogens with one attached hydrogen (secondary N) is 1. The minimum atomic E-state index is -0.395. The van der Waals surface area contributed by atoms with E-state index in [1.165, 1.54) is 20.3 Å². The molecule has 0 bridgehead atoms. The van der Waals surface area contributed by atoms with Gasteiger partial charge in [0.1, 0.15) is 11.6 Å². The molecule has 1 heterocycles. The summed E-state index contributed by atoms with van der Waals surface area (Å²) in [5.41, 5.74) is 1.68. The second-order valence-electron chi connectivity index (χ2n) is 6.08. The summed E-state index contributed by atoms with van der Waals surface area (Å²) < 4.78 is 16.3. The van der Waals surface area contributed by atoms with E-state index in [2.05, 4.69) is 4.98 Å². The van der Waals surface area contributed by atoms with Gasteiger partial charge in [-0.1, -0.05) is 17.7 Å². The van der Waals surface area contributed by atoms with E-state index in [4.69, 9.17) is 25.8 Å². The molecule has 0 aliphatic rings. The molecule has 0 aliphatic heterocycles. The van der Waals surface area contributed by atoms with Crippen LogP contribution in [0.3, 0.4) is 0 Å². The number of benzene rings is 2. The lowest BCUT2D eigenvalue weighted by molar-refractivity contribution is 0.104. The molecular formula is C22H19ClN2O4. The third-order valence-corrected chi connectivity index (χ3v) is 4.57. The van der Waals surface area contributed by atoms with Gasteiger partial charge in [0.15, 0.2) is 11.5 Å². The van der Waals surface area contributed by atoms with Crippen molar-refractivity contribution in [3.05, 3.63) is 58.3 Å². The number of H-pyrrole nitrogens is 1. The van der Waals surface area contributed by atoms with Crippen LogP contribution in [0.2, 0.25) is 5.02 Å². The van der Waals surface area contributed by atoms with E-state index in [-0.39, 0.29) is 5.57 Å². The van der Waals surface area contributed by atoms with Gasteiger partial charge in [0, 0.05) is 27.7 Å². The quantitative estimate of drug-likeness (QED) is 0.335. The van der Waals surface area contributed by atoms with Crippen molar-refractivity contribution in [1.29, 1.82) is 5.26 Å². The van der Waals surface area contributed by atoms with Crippen LogP contribution in [0, 0.1) is 11.3 Å². The number of ketones is 1. The Balaban J connectivity index is 2.05. The zero-order valence-electron chi connectivity index (χ0n) is 16.2. The number of carbonyl (C=O) groups excluding carboxylic acids is 1. The summed E-state index contributed by atoms with van der Waals surface area (Å²) in [7, 11) is 3.02. The second kappa shape index (κ2) is 8.72. The van der Waals surface area contributed by atoms with Crippen LogP contribution in [0.1, 0.15) is 22.8 Å². The van der Waals surface area contributed by atoms with E-state index < -0.39 is 5.78 Å². The van der Waals surface area contributed by atoms with E-state index in [9.17, 15) is 10.1 Å². The van der Waals surface area contributed by atoms with Gasteiger partial charge in [-0.05, 0) is 42.8 Å². The van der Waals surface area contributed by atoms with Crippen molar-refractivity contribution in [1.82, 2.24) is 4.98 Å². The molecule has 0 aliphatic carbocycles. The molecule has 3 rings (SSSR count). The number of halogens is 1. The molecule has 0 radical (unpaired) electrons. The smallest absolute Gasteiger partial charge is 0.205 e. The summed E-state index contributed by atoms with van der Waals surface area (Å²) in [6, 6.07) is 10.5. The average Bonchev–Trinajstić information content (AvgIpc) is 3.15. The fourth-order valence-electron chi connectivity index (χ4n) is 3.02. The molecule has 0 spiro atoms. The molecule has 0 amide bonds. The van der Waals surface area contributed by atoms with Crippen molar-refractivity contribution in [3.8, 4) is 23.3 Å². The van der Waals surface area contributed by atoms with Crippen molar-refractivity contribution >= 4 is 34.4 Å². The van der Waals surface area contributed by atoms with Crippen LogP contribution in [0.5, 0.6) is 17.2 Å². The number of allylic oxidation sites excluding steroid dienone is 1. The summed E-state index contributed by atoms with van der Waals surface area (Å²) >= 11 is 5.99. The molecule has 2 aromatic carbocycles. The van der Waals surface area contributed by atoms with Crippen molar-refractivity contribution in [3.63, 3.8) is 0 Å². The SMILES string of the molecule is CCOc1c(OC)cc(/C=C(\C#N)C(=O)c2c[nH]c3cc(Cl)ccc23)cc1OC. The minimum absolute atomic E-state index is 0.0193. The van der Waals surface area contributed by atoms with Crippen LogP contribution in [0.4, 0.5) is 0 Å². The maximum absolute atomic E-state index is 13.0. The zero-order valence-corrected chi connectivity index (χ0v) is 17.0. The van der Waals surface area contributed by atoms with Gasteiger partial charge in [-0.3, -0.25) is 4.79 Å². The van der Waals surface area contributed by atoms with Crippen molar-refractivity contribution < 1.29 is 19.0 Å². The number of ether oxygens (including phenoxy) is 3. The molecule has 0 fully saturated rings. The first-order valence-corrected chi connectivity index (χ1v) is 9.22. The summed E-state index contributed by atoms with van der Waals surface area (Å²) in [6.45, 7) is 2.29. The fourth-order valence-corrected chi connectivity index (χ4v) is 3.19. The monoisotopic (exact) mass is 410 g/mol. The molecule has 1 aromatic heterocycles. The standard InChI is InChI=1S/C22H19ClN2O4/c1-4-29-22-19(27-2)8-13(9-20(22)28-3)7-14(11-24)21(26)17-12-25-18-10-15(23)5-6-16(17)18/h5-10,12,25H,4H2,1-3H3/b14-7+. The Morgan fingerprint density at radius 2 is 1.90 bits per heavy atom. The van der Waals surface area contributed by atoms with E-state index >= 15 is 0 Å².